The van der Waals surface area contributed by atoms with E-state index in [1.807, 2.05) is 113 Å². The Morgan fingerprint density at radius 1 is 0.595 bits per heavy atom. The van der Waals surface area contributed by atoms with Gasteiger partial charge in [-0.3, -0.25) is 18.8 Å². The van der Waals surface area contributed by atoms with Gasteiger partial charge in [0.1, 0.15) is 59.9 Å². The molecule has 8 aliphatic rings. The Kier molecular flexibility index (Phi) is 27.4. The number of carboxylic acid groups (broad SMARTS) is 2. The number of aromatic nitrogens is 4. The average molecular weight is 1680 g/mol. The zero-order valence-corrected chi connectivity index (χ0v) is 68.2. The number of halogens is 2. The summed E-state index contributed by atoms with van der Waals surface area (Å²) in [4.78, 5) is 88.0. The number of para-hydroxylation sites is 3. The van der Waals surface area contributed by atoms with Crippen LogP contribution in [0.1, 0.15) is 118 Å². The maximum atomic E-state index is 13.5. The minimum Gasteiger partial charge on any atom is -0.493 e. The number of aryl methyl sites for hydroxylation is 2. The number of methoxy groups -OCH3 is 5. The van der Waals surface area contributed by atoms with E-state index in [-0.39, 0.29) is 59.8 Å². The molecule has 1 amide bonds. The molecule has 9 aromatic rings. The number of imidazole rings is 2. The molecule has 17 rings (SSSR count). The number of piperidine rings is 2. The highest BCUT2D eigenvalue weighted by Crippen LogP contribution is 2.56. The standard InChI is InChI=1S/C29H30F2N2O.C23H27N5O2.C22H23NO7.C14H22O13/c30-24-11-7-21(8-12-24)27(22-9-13-25(31)14-10-22)5-3-17-32-18-15-26(16-19-32)33-28-6-2-1-4-23(28)20-29(33)34;1-16-7-8-21-19(15-16)25-23(30)28(21)17-9-13-26(14-10-17)11-4-12-27-20-6-3-2-5-18(20)24-22(27)29;1-23-8-7-11-9-14-20(29-10-28-14)21(27-4)15(11)17(23)18-12-5-6-13(25-2)19(26-3)16(12)22(24)30-18;1-23-7-3(15)6(18)14(27-9(7)11(19)20)25-8-4(16)5(17)13(24-2)26-10(8)12(21)22/h1-2,4,6-14,26-27H,3,5,15-20H2;2-3,5-8,15,17H,4,9-14H2,1H3,(H,24,29)(H,25,30);5-6,9,17-18H,7-8,10H2,1-4H3;3-10,13-18H,1-2H3,(H,19,20)(H,21,22)/t;;17-,18+;3-,4+,5+,6-,7+,8+,9?,10?,13+,14?/m..10/s1. The number of aliphatic hydroxyl groups is 4. The molecule has 8 N–H and O–H groups in total. The van der Waals surface area contributed by atoms with E-state index in [1.165, 1.54) is 31.4 Å². The summed E-state index contributed by atoms with van der Waals surface area (Å²) in [7, 11) is 8.91. The van der Waals surface area contributed by atoms with Crippen molar-refractivity contribution in [1.29, 1.82) is 0 Å². The van der Waals surface area contributed by atoms with E-state index in [1.54, 1.807) is 20.3 Å². The zero-order valence-electron chi connectivity index (χ0n) is 68.2. The van der Waals surface area contributed by atoms with E-state index < -0.39 is 85.4 Å². The number of amides is 1. The third-order valence-corrected chi connectivity index (χ3v) is 24.1. The predicted molar refractivity (Wildman–Crippen MR) is 435 cm³/mol. The number of nitrogens with one attached hydrogen (secondary N) is 2. The van der Waals surface area contributed by atoms with E-state index in [0.29, 0.717) is 47.3 Å². The number of carbonyl (C=O) groups excluding carboxylic acids is 2. The van der Waals surface area contributed by atoms with Crippen molar-refractivity contribution in [3.8, 4) is 28.7 Å². The Bertz CT molecular complexity index is 5230. The van der Waals surface area contributed by atoms with E-state index in [4.69, 9.17) is 52.1 Å². The second-order valence-electron chi connectivity index (χ2n) is 31.3. The average Bonchev–Trinajstić information content (AvgIpc) is 1.62. The summed E-state index contributed by atoms with van der Waals surface area (Å²) < 4.78 is 89.4. The first-order chi connectivity index (χ1) is 58.4. The van der Waals surface area contributed by atoms with Crippen LogP contribution in [-0.4, -0.2) is 251 Å². The number of carbonyl (C=O) groups is 4. The zero-order chi connectivity index (χ0) is 85.6. The third kappa shape index (κ3) is 18.3. The maximum absolute atomic E-state index is 13.5. The lowest BCUT2D eigenvalue weighted by atomic mass is 9.85. The molecule has 0 aliphatic carbocycles. The molecule has 4 saturated heterocycles. The van der Waals surface area contributed by atoms with E-state index in [0.717, 1.165) is 178 Å². The number of nitrogens with zero attached hydrogens (tertiary/aromatic N) is 6. The first-order valence-corrected chi connectivity index (χ1v) is 40.5. The molecule has 2 aromatic heterocycles. The van der Waals surface area contributed by atoms with Gasteiger partial charge in [0.2, 0.25) is 18.4 Å². The van der Waals surface area contributed by atoms with Gasteiger partial charge in [-0.25, -0.2) is 32.8 Å². The monoisotopic (exact) mass is 1680 g/mol. The lowest BCUT2D eigenvalue weighted by Crippen LogP contribution is -2.65. The van der Waals surface area contributed by atoms with Gasteiger partial charge >= 0.3 is 29.3 Å². The van der Waals surface area contributed by atoms with Gasteiger partial charge in [-0.15, -0.1) is 0 Å². The van der Waals surface area contributed by atoms with Crippen LogP contribution in [0, 0.1) is 18.6 Å². The van der Waals surface area contributed by atoms with Gasteiger partial charge in [0.25, 0.3) is 0 Å². The Morgan fingerprint density at radius 2 is 1.21 bits per heavy atom. The molecule has 7 aromatic carbocycles. The van der Waals surface area contributed by atoms with Crippen LogP contribution in [0.15, 0.2) is 143 Å². The molecule has 4 fully saturated rings. The van der Waals surface area contributed by atoms with Gasteiger partial charge in [0.15, 0.2) is 47.8 Å². The predicted octanol–water partition coefficient (Wildman–Crippen LogP) is 7.92. The van der Waals surface area contributed by atoms with Crippen LogP contribution in [-0.2, 0) is 62.2 Å². The minimum atomic E-state index is -1.86. The molecule has 646 valence electrons. The molecule has 0 bridgehead atoms. The number of aromatic amines is 2. The molecule has 0 saturated carbocycles. The lowest BCUT2D eigenvalue weighted by molar-refractivity contribution is -0.349. The second-order valence-corrected chi connectivity index (χ2v) is 31.3. The van der Waals surface area contributed by atoms with Crippen LogP contribution in [0.25, 0.3) is 22.1 Å². The molecule has 0 spiro atoms. The molecule has 31 nitrogen and oxygen atoms in total. The van der Waals surface area contributed by atoms with Gasteiger partial charge in [-0.2, -0.15) is 0 Å². The van der Waals surface area contributed by atoms with Crippen LogP contribution in [0.2, 0.25) is 0 Å². The topological polar surface area (TPSA) is 380 Å². The van der Waals surface area contributed by atoms with Crippen LogP contribution in [0.5, 0.6) is 28.7 Å². The van der Waals surface area contributed by atoms with E-state index in [2.05, 4.69) is 42.9 Å². The largest absolute Gasteiger partial charge is 0.493 e. The second kappa shape index (κ2) is 38.2. The first kappa shape index (κ1) is 86.7. The van der Waals surface area contributed by atoms with Gasteiger partial charge in [0.05, 0.1) is 55.9 Å². The van der Waals surface area contributed by atoms with Crippen molar-refractivity contribution in [3.05, 3.63) is 211 Å². The number of hydrogen-bond donors (Lipinski definition) is 8. The van der Waals surface area contributed by atoms with Gasteiger partial charge < -0.3 is 107 Å². The number of ether oxygens (including phenoxy) is 11. The Hall–Kier alpha value is -10.7. The normalized spacial score (nSPS) is 24.2. The van der Waals surface area contributed by atoms with E-state index >= 15 is 0 Å². The summed E-state index contributed by atoms with van der Waals surface area (Å²) in [6.45, 7) is 9.56. The summed E-state index contributed by atoms with van der Waals surface area (Å²) in [5, 5.41) is 58.7. The Labute approximate surface area is 695 Å². The van der Waals surface area contributed by atoms with Crippen molar-refractivity contribution in [3.63, 3.8) is 0 Å². The molecule has 3 unspecified atom stereocenters. The number of benzene rings is 7. The van der Waals surface area contributed by atoms with Gasteiger partial charge in [0, 0.05) is 88.3 Å². The Balaban J connectivity index is 0.000000132. The number of likely N-dealkylation sites (tertiary alicyclic amines) is 2. The van der Waals surface area contributed by atoms with Crippen LogP contribution in [0.3, 0.4) is 0 Å². The lowest BCUT2D eigenvalue weighted by Gasteiger charge is -2.45. The number of carboxylic acids is 2. The molecular formula is C88H102F2N8O23. The highest BCUT2D eigenvalue weighted by atomic mass is 19.1. The fraction of sp³-hybridized carbons (Fsp3) is 0.455. The summed E-state index contributed by atoms with van der Waals surface area (Å²) in [6.07, 6.45) is -9.70. The molecule has 12 atom stereocenters. The van der Waals surface area contributed by atoms with Crippen molar-refractivity contribution in [2.75, 3.05) is 100 Å². The number of aliphatic carboxylic acids is 2. The van der Waals surface area contributed by atoms with Crippen molar-refractivity contribution in [1.82, 2.24) is 33.8 Å². The number of rotatable bonds is 22. The number of aliphatic hydroxyl groups excluding tert-OH is 4. The number of likely N-dealkylation sites (N-methyl/N-ethyl adjacent to an activating group) is 1. The summed E-state index contributed by atoms with van der Waals surface area (Å²) in [5.41, 5.74) is 12.5. The number of esters is 1. The minimum absolute atomic E-state index is 0.00670. The summed E-state index contributed by atoms with van der Waals surface area (Å²) in [6, 6.07) is 41.4. The molecule has 0 radical (unpaired) electrons. The number of anilines is 1. The molecule has 10 heterocycles. The maximum Gasteiger partial charge on any atom is 0.343 e. The van der Waals surface area contributed by atoms with E-state index in [9.17, 15) is 68.2 Å². The highest BCUT2D eigenvalue weighted by molar-refractivity contribution is 6.02. The highest BCUT2D eigenvalue weighted by Gasteiger charge is 2.55. The summed E-state index contributed by atoms with van der Waals surface area (Å²) in [5.74, 6) is -0.915. The number of H-pyrrole nitrogens is 2. The van der Waals surface area contributed by atoms with Crippen LogP contribution >= 0.6 is 0 Å². The quantitative estimate of drug-likeness (QED) is 0.0299. The SMILES string of the molecule is CO[C@@H]1OC(C(=O)O)[C@H](OC2OC(C(=O)O)[C@H](OC)[C@@H](O)[C@@H]2O)[C@H](O)[C@H]1O.COc1ccc2c(c1OC)C(=O)O[C@@H]2[C@H]1c2c(cc3c(c2OC)OCO3)CCN1C.Cc1ccc2c(c1)[nH]c(=O)n2C1CCN(CCCn2c(=O)[nH]c3ccccc32)CC1.O=C1Cc2ccccc2N1C1CCN(CCCC(c2ccc(F)cc2)c2ccc(F)cc2)CC1. The van der Waals surface area contributed by atoms with Crippen LogP contribution in [0.4, 0.5) is 14.5 Å². The van der Waals surface area contributed by atoms with Crippen molar-refractivity contribution in [2.45, 2.75) is 163 Å². The van der Waals surface area contributed by atoms with Crippen molar-refractivity contribution in [2.24, 2.45) is 0 Å². The Morgan fingerprint density at radius 3 is 1.86 bits per heavy atom. The molecule has 33 heteroatoms. The summed E-state index contributed by atoms with van der Waals surface area (Å²) >= 11 is 0. The van der Waals surface area contributed by atoms with Gasteiger partial charge in [-0.05, 0) is 173 Å². The number of hydrogen-bond acceptors (Lipinski definition) is 24. The molecule has 8 aliphatic heterocycles. The first-order valence-electron chi connectivity index (χ1n) is 40.5. The fourth-order valence-corrected chi connectivity index (χ4v) is 18.0. The fourth-order valence-electron chi connectivity index (χ4n) is 18.0. The smallest absolute Gasteiger partial charge is 0.343 e. The molecule has 121 heavy (non-hydrogen) atoms. The third-order valence-electron chi connectivity index (χ3n) is 24.1. The molecular weight excluding hydrogens is 1570 g/mol. The number of fused-ring (bicyclic) bond motifs is 6. The van der Waals surface area contributed by atoms with Gasteiger partial charge in [-0.1, -0.05) is 66.7 Å². The number of cyclic esters (lactones) is 1. The van der Waals surface area contributed by atoms with Crippen molar-refractivity contribution < 1.29 is 111 Å². The van der Waals surface area contributed by atoms with Crippen molar-refractivity contribution >= 4 is 51.6 Å². The van der Waals surface area contributed by atoms with Crippen LogP contribution < -0.4 is 40.0 Å².